The summed E-state index contributed by atoms with van der Waals surface area (Å²) >= 11 is 0. The molecule has 0 saturated heterocycles. The average molecular weight is 168 g/mol. The van der Waals surface area contributed by atoms with E-state index < -0.39 is 0 Å². The van der Waals surface area contributed by atoms with Crippen molar-refractivity contribution in [1.82, 2.24) is 9.97 Å². The predicted molar refractivity (Wildman–Crippen MR) is 40.9 cm³/mol. The summed E-state index contributed by atoms with van der Waals surface area (Å²) in [5.41, 5.74) is 5.25. The summed E-state index contributed by atoms with van der Waals surface area (Å²) in [5.74, 6) is -0.0108. The Morgan fingerprint density at radius 3 is 2.92 bits per heavy atom. The van der Waals surface area contributed by atoms with E-state index in [4.69, 9.17) is 16.0 Å². The van der Waals surface area contributed by atoms with Crippen molar-refractivity contribution in [2.45, 2.75) is 6.92 Å². The van der Waals surface area contributed by atoms with Crippen molar-refractivity contribution < 1.29 is 10.3 Å². The summed E-state index contributed by atoms with van der Waals surface area (Å²) in [6.07, 6.45) is 1.19. The van der Waals surface area contributed by atoms with Gasteiger partial charge in [0.25, 0.3) is 0 Å². The molecule has 4 N–H and O–H groups in total. The molecule has 0 radical (unpaired) electrons. The van der Waals surface area contributed by atoms with Crippen LogP contribution in [0, 0.1) is 6.92 Å². The second-order valence-corrected chi connectivity index (χ2v) is 2.14. The third kappa shape index (κ3) is 1.42. The van der Waals surface area contributed by atoms with Crippen molar-refractivity contribution in [3.05, 3.63) is 17.7 Å². The minimum atomic E-state index is -0.238. The molecule has 1 heterocycles. The van der Waals surface area contributed by atoms with Crippen molar-refractivity contribution in [3.63, 3.8) is 0 Å². The van der Waals surface area contributed by atoms with Crippen LogP contribution in [0.2, 0.25) is 0 Å². The first-order valence-electron chi connectivity index (χ1n) is 3.15. The maximum Gasteiger partial charge on any atom is 0.192 e. The van der Waals surface area contributed by atoms with E-state index >= 15 is 0 Å². The van der Waals surface area contributed by atoms with E-state index in [0.29, 0.717) is 5.82 Å². The van der Waals surface area contributed by atoms with Crippen LogP contribution >= 0.6 is 0 Å². The summed E-state index contributed by atoms with van der Waals surface area (Å²) in [7, 11) is 0. The highest BCUT2D eigenvalue weighted by Gasteiger charge is 2.08. The van der Waals surface area contributed by atoms with Crippen LogP contribution in [0.25, 0.3) is 0 Å². The lowest BCUT2D eigenvalue weighted by atomic mass is 10.3. The van der Waals surface area contributed by atoms with Crippen LogP contribution in [0.5, 0.6) is 5.75 Å². The second kappa shape index (κ2) is 3.04. The lowest BCUT2D eigenvalue weighted by Crippen LogP contribution is -2.16. The van der Waals surface area contributed by atoms with Crippen molar-refractivity contribution in [1.29, 1.82) is 0 Å². The Hall–Kier alpha value is -1.85. The number of amidine groups is 1. The van der Waals surface area contributed by atoms with Gasteiger partial charge in [-0.25, -0.2) is 9.97 Å². The van der Waals surface area contributed by atoms with E-state index in [0.717, 1.165) is 0 Å². The third-order valence-corrected chi connectivity index (χ3v) is 1.24. The molecule has 0 atom stereocenters. The van der Waals surface area contributed by atoms with Gasteiger partial charge in [-0.05, 0) is 6.92 Å². The van der Waals surface area contributed by atoms with Gasteiger partial charge in [-0.2, -0.15) is 0 Å². The number of aromatic nitrogens is 2. The molecule has 0 amide bonds. The van der Waals surface area contributed by atoms with Crippen LogP contribution in [0.1, 0.15) is 11.5 Å². The molecular weight excluding hydrogens is 160 g/mol. The molecule has 0 spiro atoms. The number of rotatable bonds is 1. The second-order valence-electron chi connectivity index (χ2n) is 2.14. The number of nitrogens with zero attached hydrogens (tertiary/aromatic N) is 3. The zero-order valence-corrected chi connectivity index (χ0v) is 6.39. The van der Waals surface area contributed by atoms with Crippen molar-refractivity contribution in [2.75, 3.05) is 0 Å². The zero-order chi connectivity index (χ0) is 9.14. The fourth-order valence-electron chi connectivity index (χ4n) is 0.699. The summed E-state index contributed by atoms with van der Waals surface area (Å²) in [4.78, 5) is 7.47. The number of hydrogen-bond acceptors (Lipinski definition) is 5. The van der Waals surface area contributed by atoms with Gasteiger partial charge in [-0.15, -0.1) is 0 Å². The van der Waals surface area contributed by atoms with Crippen molar-refractivity contribution >= 4 is 5.84 Å². The Morgan fingerprint density at radius 2 is 2.33 bits per heavy atom. The molecule has 6 nitrogen and oxygen atoms in total. The molecule has 1 aromatic heterocycles. The van der Waals surface area contributed by atoms with Gasteiger partial charge < -0.3 is 16.0 Å². The zero-order valence-electron chi connectivity index (χ0n) is 6.39. The Morgan fingerprint density at radius 1 is 1.67 bits per heavy atom. The first kappa shape index (κ1) is 8.25. The first-order valence-corrected chi connectivity index (χ1v) is 3.15. The number of aryl methyl sites for hydroxylation is 1. The van der Waals surface area contributed by atoms with E-state index in [-0.39, 0.29) is 17.3 Å². The number of nitrogens with two attached hydrogens (primary N) is 1. The van der Waals surface area contributed by atoms with Crippen LogP contribution < -0.4 is 5.73 Å². The van der Waals surface area contributed by atoms with Gasteiger partial charge >= 0.3 is 0 Å². The monoisotopic (exact) mass is 168 g/mol. The first-order chi connectivity index (χ1) is 5.65. The number of oxime groups is 1. The summed E-state index contributed by atoms with van der Waals surface area (Å²) in [6, 6.07) is 0. The Balaban J connectivity index is 3.23. The van der Waals surface area contributed by atoms with Crippen LogP contribution in [0.4, 0.5) is 0 Å². The predicted octanol–water partition coefficient (Wildman–Crippen LogP) is -0.415. The Kier molecular flexibility index (Phi) is 2.09. The summed E-state index contributed by atoms with van der Waals surface area (Å²) in [5, 5.41) is 20.1. The SMILES string of the molecule is Cc1ncc(O)c(/C(N)=N\O)n1. The molecule has 0 fully saturated rings. The van der Waals surface area contributed by atoms with Crippen LogP contribution in [-0.2, 0) is 0 Å². The van der Waals surface area contributed by atoms with Gasteiger partial charge in [-0.3, -0.25) is 0 Å². The van der Waals surface area contributed by atoms with Gasteiger partial charge in [0.2, 0.25) is 0 Å². The Bertz CT molecular complexity index is 323. The molecule has 12 heavy (non-hydrogen) atoms. The van der Waals surface area contributed by atoms with E-state index in [1.54, 1.807) is 6.92 Å². The normalized spacial score (nSPS) is 11.6. The van der Waals surface area contributed by atoms with E-state index in [1.165, 1.54) is 6.20 Å². The maximum absolute atomic E-state index is 9.14. The molecule has 0 aliphatic carbocycles. The fourth-order valence-corrected chi connectivity index (χ4v) is 0.699. The lowest BCUT2D eigenvalue weighted by Gasteiger charge is -2.00. The summed E-state index contributed by atoms with van der Waals surface area (Å²) in [6.45, 7) is 1.63. The molecule has 6 heteroatoms. The van der Waals surface area contributed by atoms with Gasteiger partial charge in [0.1, 0.15) is 5.82 Å². The van der Waals surface area contributed by atoms with Gasteiger partial charge in [0.05, 0.1) is 6.20 Å². The average Bonchev–Trinajstić information content (AvgIpc) is 2.08. The Labute approximate surface area is 68.4 Å². The standard InChI is InChI=1S/C6H8N4O2/c1-3-8-2-4(11)5(9-3)6(7)10-12/h2,11-12H,1H3,(H2,7,10). The highest BCUT2D eigenvalue weighted by atomic mass is 16.4. The van der Waals surface area contributed by atoms with Gasteiger partial charge in [-0.1, -0.05) is 5.16 Å². The van der Waals surface area contributed by atoms with Gasteiger partial charge in [0.15, 0.2) is 17.3 Å². The smallest absolute Gasteiger partial charge is 0.192 e. The highest BCUT2D eigenvalue weighted by molar-refractivity contribution is 5.97. The van der Waals surface area contributed by atoms with E-state index in [2.05, 4.69) is 15.1 Å². The largest absolute Gasteiger partial charge is 0.504 e. The van der Waals surface area contributed by atoms with Crippen LogP contribution in [0.15, 0.2) is 11.4 Å². The lowest BCUT2D eigenvalue weighted by molar-refractivity contribution is 0.318. The van der Waals surface area contributed by atoms with Gasteiger partial charge in [0, 0.05) is 0 Å². The molecule has 0 unspecified atom stereocenters. The van der Waals surface area contributed by atoms with Crippen molar-refractivity contribution in [3.8, 4) is 5.75 Å². The fraction of sp³-hybridized carbons (Fsp3) is 0.167. The number of aromatic hydroxyl groups is 1. The minimum absolute atomic E-state index is 0.0324. The van der Waals surface area contributed by atoms with Crippen LogP contribution in [0.3, 0.4) is 0 Å². The third-order valence-electron chi connectivity index (χ3n) is 1.24. The quantitative estimate of drug-likeness (QED) is 0.229. The highest BCUT2D eigenvalue weighted by Crippen LogP contribution is 2.11. The molecule has 0 saturated carbocycles. The topological polar surface area (TPSA) is 105 Å². The number of hydrogen-bond donors (Lipinski definition) is 3. The molecular formula is C6H8N4O2. The van der Waals surface area contributed by atoms with E-state index in [9.17, 15) is 0 Å². The summed E-state index contributed by atoms with van der Waals surface area (Å²) < 4.78 is 0. The van der Waals surface area contributed by atoms with E-state index in [1.807, 2.05) is 0 Å². The molecule has 0 aliphatic heterocycles. The van der Waals surface area contributed by atoms with Crippen LogP contribution in [-0.4, -0.2) is 26.1 Å². The minimum Gasteiger partial charge on any atom is -0.504 e. The molecule has 0 bridgehead atoms. The molecule has 1 aromatic rings. The molecule has 1 rings (SSSR count). The molecule has 64 valence electrons. The molecule has 0 aliphatic rings. The van der Waals surface area contributed by atoms with Crippen molar-refractivity contribution in [2.24, 2.45) is 10.9 Å². The maximum atomic E-state index is 9.14. The molecule has 0 aromatic carbocycles.